The maximum Gasteiger partial charge on any atom is 0.248 e. The summed E-state index contributed by atoms with van der Waals surface area (Å²) in [7, 11) is 0. The lowest BCUT2D eigenvalue weighted by Crippen LogP contribution is -2.18. The second-order valence-corrected chi connectivity index (χ2v) is 4.92. The minimum Gasteiger partial charge on any atom is -0.366 e. The highest BCUT2D eigenvalue weighted by molar-refractivity contribution is 5.94. The normalized spacial score (nSPS) is 25.3. The lowest BCUT2D eigenvalue weighted by atomic mass is 9.77. The molecule has 0 heterocycles. The number of nitrogens with two attached hydrogens (primary N) is 1. The summed E-state index contributed by atoms with van der Waals surface area (Å²) >= 11 is 0. The predicted molar refractivity (Wildman–Crippen MR) is 65.3 cm³/mol. The summed E-state index contributed by atoms with van der Waals surface area (Å²) in [5, 5.41) is 0. The van der Waals surface area contributed by atoms with Crippen LogP contribution in [0, 0.1) is 5.92 Å². The summed E-state index contributed by atoms with van der Waals surface area (Å²) in [4.78, 5) is 11.4. The highest BCUT2D eigenvalue weighted by Crippen LogP contribution is 2.37. The SMILES string of the molecule is CC1CCCC(c2ccccc2C(N)=O)C1. The first-order chi connectivity index (χ1) is 7.68. The van der Waals surface area contributed by atoms with Crippen molar-refractivity contribution in [2.24, 2.45) is 11.7 Å². The molecule has 1 aromatic rings. The Morgan fingerprint density at radius 1 is 1.31 bits per heavy atom. The van der Waals surface area contributed by atoms with E-state index >= 15 is 0 Å². The molecule has 0 saturated heterocycles. The standard InChI is InChI=1S/C14H19NO/c1-10-5-4-6-11(9-10)12-7-2-3-8-13(12)14(15)16/h2-3,7-8,10-11H,4-6,9H2,1H3,(H2,15,16). The monoisotopic (exact) mass is 217 g/mol. The molecule has 1 amide bonds. The molecule has 1 aliphatic rings. The summed E-state index contributed by atoms with van der Waals surface area (Å²) in [6, 6.07) is 7.79. The molecule has 2 rings (SSSR count). The van der Waals surface area contributed by atoms with Crippen LogP contribution < -0.4 is 5.73 Å². The molecule has 0 radical (unpaired) electrons. The van der Waals surface area contributed by atoms with E-state index < -0.39 is 0 Å². The second kappa shape index (κ2) is 4.69. The Kier molecular flexibility index (Phi) is 3.28. The van der Waals surface area contributed by atoms with Gasteiger partial charge in [-0.15, -0.1) is 0 Å². The zero-order valence-electron chi connectivity index (χ0n) is 9.78. The van der Waals surface area contributed by atoms with Crippen molar-refractivity contribution in [3.8, 4) is 0 Å². The van der Waals surface area contributed by atoms with Gasteiger partial charge in [-0.05, 0) is 36.3 Å². The molecule has 0 bridgehead atoms. The molecule has 0 aromatic heterocycles. The van der Waals surface area contributed by atoms with E-state index in [4.69, 9.17) is 5.73 Å². The molecule has 16 heavy (non-hydrogen) atoms. The van der Waals surface area contributed by atoms with E-state index in [9.17, 15) is 4.79 Å². The first kappa shape index (κ1) is 11.2. The molecule has 2 atom stereocenters. The molecule has 2 nitrogen and oxygen atoms in total. The van der Waals surface area contributed by atoms with Crippen molar-refractivity contribution >= 4 is 5.91 Å². The van der Waals surface area contributed by atoms with Gasteiger partial charge in [0.1, 0.15) is 0 Å². The highest BCUT2D eigenvalue weighted by atomic mass is 16.1. The van der Waals surface area contributed by atoms with E-state index in [2.05, 4.69) is 13.0 Å². The second-order valence-electron chi connectivity index (χ2n) is 4.92. The predicted octanol–water partition coefficient (Wildman–Crippen LogP) is 3.08. The van der Waals surface area contributed by atoms with Crippen molar-refractivity contribution in [1.29, 1.82) is 0 Å². The van der Waals surface area contributed by atoms with Crippen LogP contribution in [0.5, 0.6) is 0 Å². The van der Waals surface area contributed by atoms with Gasteiger partial charge in [0.2, 0.25) is 5.91 Å². The highest BCUT2D eigenvalue weighted by Gasteiger charge is 2.23. The van der Waals surface area contributed by atoms with E-state index in [0.717, 1.165) is 11.5 Å². The average molecular weight is 217 g/mol. The first-order valence-electron chi connectivity index (χ1n) is 6.07. The Labute approximate surface area is 96.8 Å². The summed E-state index contributed by atoms with van der Waals surface area (Å²) in [5.41, 5.74) is 7.28. The third-order valence-electron chi connectivity index (χ3n) is 3.60. The molecule has 1 aliphatic carbocycles. The van der Waals surface area contributed by atoms with Crippen molar-refractivity contribution in [2.75, 3.05) is 0 Å². The number of hydrogen-bond donors (Lipinski definition) is 1. The number of primary amides is 1. The number of benzene rings is 1. The van der Waals surface area contributed by atoms with Crippen molar-refractivity contribution < 1.29 is 4.79 Å². The maximum atomic E-state index is 11.4. The Hall–Kier alpha value is -1.31. The summed E-state index contributed by atoms with van der Waals surface area (Å²) in [5.74, 6) is 0.987. The van der Waals surface area contributed by atoms with Gasteiger partial charge in [0.05, 0.1) is 0 Å². The number of rotatable bonds is 2. The quantitative estimate of drug-likeness (QED) is 0.812. The molecule has 2 unspecified atom stereocenters. The van der Waals surface area contributed by atoms with E-state index in [1.54, 1.807) is 0 Å². The molecular weight excluding hydrogens is 198 g/mol. The fourth-order valence-electron chi connectivity index (χ4n) is 2.79. The van der Waals surface area contributed by atoms with Crippen LogP contribution in [0.2, 0.25) is 0 Å². The van der Waals surface area contributed by atoms with Gasteiger partial charge < -0.3 is 5.73 Å². The number of carbonyl (C=O) groups excluding carboxylic acids is 1. The minimum absolute atomic E-state index is 0.297. The zero-order valence-corrected chi connectivity index (χ0v) is 9.78. The van der Waals surface area contributed by atoms with Crippen LogP contribution in [-0.2, 0) is 0 Å². The van der Waals surface area contributed by atoms with Gasteiger partial charge >= 0.3 is 0 Å². The van der Waals surface area contributed by atoms with Gasteiger partial charge in [0.15, 0.2) is 0 Å². The van der Waals surface area contributed by atoms with Crippen molar-refractivity contribution in [3.63, 3.8) is 0 Å². The van der Waals surface area contributed by atoms with Gasteiger partial charge in [-0.1, -0.05) is 38.0 Å². The molecule has 1 saturated carbocycles. The van der Waals surface area contributed by atoms with Gasteiger partial charge in [-0.2, -0.15) is 0 Å². The van der Waals surface area contributed by atoms with Crippen LogP contribution in [0.15, 0.2) is 24.3 Å². The van der Waals surface area contributed by atoms with Gasteiger partial charge in [0, 0.05) is 5.56 Å². The number of amides is 1. The molecule has 1 fully saturated rings. The van der Waals surface area contributed by atoms with Crippen molar-refractivity contribution in [1.82, 2.24) is 0 Å². The van der Waals surface area contributed by atoms with Gasteiger partial charge in [-0.3, -0.25) is 4.79 Å². The molecule has 2 N–H and O–H groups in total. The summed E-state index contributed by atoms with van der Waals surface area (Å²) < 4.78 is 0. The summed E-state index contributed by atoms with van der Waals surface area (Å²) in [6.07, 6.45) is 4.95. The van der Waals surface area contributed by atoms with E-state index in [1.807, 2.05) is 18.2 Å². The lowest BCUT2D eigenvalue weighted by Gasteiger charge is -2.28. The Bertz CT molecular complexity index is 386. The third-order valence-corrected chi connectivity index (χ3v) is 3.60. The van der Waals surface area contributed by atoms with Gasteiger partial charge in [-0.25, -0.2) is 0 Å². The molecule has 86 valence electrons. The Balaban J connectivity index is 2.28. The maximum absolute atomic E-state index is 11.4. The zero-order chi connectivity index (χ0) is 11.5. The van der Waals surface area contributed by atoms with Crippen LogP contribution >= 0.6 is 0 Å². The molecular formula is C14H19NO. The largest absolute Gasteiger partial charge is 0.366 e. The summed E-state index contributed by atoms with van der Waals surface area (Å²) in [6.45, 7) is 2.29. The van der Waals surface area contributed by atoms with Crippen LogP contribution in [0.4, 0.5) is 0 Å². The van der Waals surface area contributed by atoms with Crippen molar-refractivity contribution in [3.05, 3.63) is 35.4 Å². The smallest absolute Gasteiger partial charge is 0.248 e. The fourth-order valence-corrected chi connectivity index (χ4v) is 2.79. The number of hydrogen-bond acceptors (Lipinski definition) is 1. The van der Waals surface area contributed by atoms with Gasteiger partial charge in [0.25, 0.3) is 0 Å². The molecule has 0 spiro atoms. The topological polar surface area (TPSA) is 43.1 Å². The van der Waals surface area contributed by atoms with E-state index in [-0.39, 0.29) is 5.91 Å². The van der Waals surface area contributed by atoms with Crippen LogP contribution in [0.25, 0.3) is 0 Å². The molecule has 1 aromatic carbocycles. The fraction of sp³-hybridized carbons (Fsp3) is 0.500. The Morgan fingerprint density at radius 3 is 2.75 bits per heavy atom. The number of carbonyl (C=O) groups is 1. The van der Waals surface area contributed by atoms with Crippen LogP contribution in [-0.4, -0.2) is 5.91 Å². The molecule has 0 aliphatic heterocycles. The van der Waals surface area contributed by atoms with Crippen molar-refractivity contribution in [2.45, 2.75) is 38.5 Å². The first-order valence-corrected chi connectivity index (χ1v) is 6.07. The molecule has 2 heteroatoms. The third kappa shape index (κ3) is 2.26. The van der Waals surface area contributed by atoms with E-state index in [1.165, 1.54) is 25.7 Å². The van der Waals surface area contributed by atoms with Crippen LogP contribution in [0.3, 0.4) is 0 Å². The minimum atomic E-state index is -0.297. The lowest BCUT2D eigenvalue weighted by molar-refractivity contribution is 0.0998. The Morgan fingerprint density at radius 2 is 2.06 bits per heavy atom. The van der Waals surface area contributed by atoms with E-state index in [0.29, 0.717) is 11.5 Å². The van der Waals surface area contributed by atoms with Crippen LogP contribution in [0.1, 0.15) is 54.4 Å². The average Bonchev–Trinajstić information content (AvgIpc) is 2.29.